The molecule has 2 aromatic carbocycles. The summed E-state index contributed by atoms with van der Waals surface area (Å²) in [6, 6.07) is 15.7. The van der Waals surface area contributed by atoms with Crippen LogP contribution in [-0.2, 0) is 11.3 Å². The Labute approximate surface area is 194 Å². The predicted octanol–water partition coefficient (Wildman–Crippen LogP) is 5.62. The summed E-state index contributed by atoms with van der Waals surface area (Å²) >= 11 is 7.73. The summed E-state index contributed by atoms with van der Waals surface area (Å²) in [4.78, 5) is 17.0. The Kier molecular flexibility index (Phi) is 5.23. The van der Waals surface area contributed by atoms with Crippen molar-refractivity contribution in [2.75, 3.05) is 0 Å². The number of halogens is 1. The van der Waals surface area contributed by atoms with Crippen LogP contribution in [0.25, 0.3) is 17.0 Å². The fourth-order valence-electron chi connectivity index (χ4n) is 3.73. The molecule has 2 aliphatic heterocycles. The molecule has 0 atom stereocenters. The molecule has 0 bridgehead atoms. The standard InChI is InChI=1S/C24H20ClN5OS/c1-14(2)23-28-30-21(26)18(22(31)27-24(30)32-23)11-16-13-29(20-10-6-4-8-17(16)20)12-15-7-3-5-9-19(15)25/h3-11,13-14,26H,12H2,1-2H3. The van der Waals surface area contributed by atoms with Crippen LogP contribution in [0, 0.1) is 11.3 Å². The fourth-order valence-corrected chi connectivity index (χ4v) is 4.81. The van der Waals surface area contributed by atoms with Crippen molar-refractivity contribution in [1.29, 1.82) is 5.41 Å². The van der Waals surface area contributed by atoms with Crippen molar-refractivity contribution >= 4 is 62.3 Å². The molecule has 0 fully saturated rings. The lowest BCUT2D eigenvalue weighted by molar-refractivity contribution is -0.114. The van der Waals surface area contributed by atoms with E-state index in [1.165, 1.54) is 16.8 Å². The molecule has 0 saturated heterocycles. The minimum atomic E-state index is -0.420. The molecule has 1 N–H and O–H groups in total. The highest BCUT2D eigenvalue weighted by Gasteiger charge is 2.36. The van der Waals surface area contributed by atoms with Gasteiger partial charge >= 0.3 is 0 Å². The highest BCUT2D eigenvalue weighted by atomic mass is 35.5. The van der Waals surface area contributed by atoms with Crippen molar-refractivity contribution in [3.05, 3.63) is 76.5 Å². The molecule has 0 saturated carbocycles. The zero-order chi connectivity index (χ0) is 22.4. The molecule has 5 rings (SSSR count). The van der Waals surface area contributed by atoms with E-state index >= 15 is 0 Å². The lowest BCUT2D eigenvalue weighted by atomic mass is 10.1. The van der Waals surface area contributed by atoms with E-state index in [9.17, 15) is 4.79 Å². The van der Waals surface area contributed by atoms with Crippen molar-refractivity contribution in [3.8, 4) is 0 Å². The summed E-state index contributed by atoms with van der Waals surface area (Å²) in [6.45, 7) is 4.66. The Morgan fingerprint density at radius 3 is 2.69 bits per heavy atom. The van der Waals surface area contributed by atoms with Gasteiger partial charge in [0.2, 0.25) is 5.17 Å². The van der Waals surface area contributed by atoms with Crippen molar-refractivity contribution < 1.29 is 4.79 Å². The van der Waals surface area contributed by atoms with Gasteiger partial charge in [0.05, 0.1) is 5.57 Å². The number of fused-ring (bicyclic) bond motifs is 2. The third-order valence-electron chi connectivity index (χ3n) is 5.38. The van der Waals surface area contributed by atoms with Gasteiger partial charge in [-0.3, -0.25) is 10.2 Å². The van der Waals surface area contributed by atoms with E-state index in [0.29, 0.717) is 16.7 Å². The molecule has 3 aromatic rings. The van der Waals surface area contributed by atoms with Gasteiger partial charge in [-0.05, 0) is 35.5 Å². The van der Waals surface area contributed by atoms with E-state index in [4.69, 9.17) is 17.0 Å². The van der Waals surface area contributed by atoms with Gasteiger partial charge < -0.3 is 4.57 Å². The number of thioether (sulfide) groups is 1. The van der Waals surface area contributed by atoms with Crippen LogP contribution < -0.4 is 0 Å². The van der Waals surface area contributed by atoms with Gasteiger partial charge in [0, 0.05) is 40.1 Å². The Hall–Kier alpha value is -3.16. The number of amidine groups is 2. The maximum absolute atomic E-state index is 12.8. The predicted molar refractivity (Wildman–Crippen MR) is 132 cm³/mol. The number of aliphatic imine (C=N–C) groups is 1. The number of hydrogen-bond donors (Lipinski definition) is 1. The molecular weight excluding hydrogens is 442 g/mol. The minimum Gasteiger partial charge on any atom is -0.342 e. The minimum absolute atomic E-state index is 0.0473. The quantitative estimate of drug-likeness (QED) is 0.512. The van der Waals surface area contributed by atoms with Crippen LogP contribution in [-0.4, -0.2) is 31.5 Å². The molecule has 8 heteroatoms. The van der Waals surface area contributed by atoms with Gasteiger partial charge in [0.25, 0.3) is 5.91 Å². The van der Waals surface area contributed by atoms with Gasteiger partial charge in [-0.2, -0.15) is 15.1 Å². The Morgan fingerprint density at radius 1 is 1.16 bits per heavy atom. The van der Waals surface area contributed by atoms with Crippen LogP contribution in [0.2, 0.25) is 5.02 Å². The van der Waals surface area contributed by atoms with Gasteiger partial charge in [-0.25, -0.2) is 0 Å². The topological polar surface area (TPSA) is 73.8 Å². The third-order valence-corrected chi connectivity index (χ3v) is 6.96. The lowest BCUT2D eigenvalue weighted by Gasteiger charge is -2.20. The second-order valence-electron chi connectivity index (χ2n) is 7.93. The first-order chi connectivity index (χ1) is 15.4. The number of benzene rings is 2. The first-order valence-electron chi connectivity index (χ1n) is 10.2. The summed E-state index contributed by atoms with van der Waals surface area (Å²) in [5.41, 5.74) is 3.10. The summed E-state index contributed by atoms with van der Waals surface area (Å²) < 4.78 is 2.11. The molecule has 1 aromatic heterocycles. The van der Waals surface area contributed by atoms with Crippen LogP contribution >= 0.6 is 23.4 Å². The highest BCUT2D eigenvalue weighted by molar-refractivity contribution is 8.27. The van der Waals surface area contributed by atoms with E-state index < -0.39 is 5.91 Å². The number of nitrogens with one attached hydrogen (secondary N) is 1. The molecule has 3 heterocycles. The molecule has 1 amide bonds. The van der Waals surface area contributed by atoms with E-state index in [1.807, 2.05) is 68.6 Å². The molecule has 0 radical (unpaired) electrons. The molecule has 0 unspecified atom stereocenters. The second-order valence-corrected chi connectivity index (χ2v) is 9.33. The van der Waals surface area contributed by atoms with Crippen molar-refractivity contribution in [2.45, 2.75) is 20.4 Å². The first-order valence-corrected chi connectivity index (χ1v) is 11.4. The number of hydrazone groups is 1. The molecular formula is C24H20ClN5OS. The molecule has 2 aliphatic rings. The van der Waals surface area contributed by atoms with Crippen LogP contribution in [0.5, 0.6) is 0 Å². The summed E-state index contributed by atoms with van der Waals surface area (Å²) in [6.07, 6.45) is 3.73. The third kappa shape index (κ3) is 3.57. The SMILES string of the molecule is CC(C)C1=NN2C(=N)C(=Cc3cn(Cc4ccccc4Cl)c4ccccc34)C(=O)N=C2S1. The number of carbonyl (C=O) groups is 1. The zero-order valence-corrected chi connectivity index (χ0v) is 19.1. The smallest absolute Gasteiger partial charge is 0.283 e. The van der Waals surface area contributed by atoms with Crippen LogP contribution in [0.4, 0.5) is 0 Å². The number of aromatic nitrogens is 1. The number of carbonyl (C=O) groups excluding carboxylic acids is 1. The maximum Gasteiger partial charge on any atom is 0.283 e. The van der Waals surface area contributed by atoms with Gasteiger partial charge in [-0.15, -0.1) is 0 Å². The maximum atomic E-state index is 12.8. The van der Waals surface area contributed by atoms with E-state index in [-0.39, 0.29) is 17.3 Å². The van der Waals surface area contributed by atoms with Crippen LogP contribution in [0.15, 0.2) is 70.4 Å². The summed E-state index contributed by atoms with van der Waals surface area (Å²) in [7, 11) is 0. The average Bonchev–Trinajstić information content (AvgIpc) is 3.35. The molecule has 32 heavy (non-hydrogen) atoms. The molecule has 160 valence electrons. The largest absolute Gasteiger partial charge is 0.342 e. The van der Waals surface area contributed by atoms with E-state index in [1.54, 1.807) is 6.08 Å². The highest BCUT2D eigenvalue weighted by Crippen LogP contribution is 2.32. The van der Waals surface area contributed by atoms with E-state index in [0.717, 1.165) is 27.1 Å². The van der Waals surface area contributed by atoms with Crippen molar-refractivity contribution in [3.63, 3.8) is 0 Å². The molecule has 0 aliphatic carbocycles. The Morgan fingerprint density at radius 2 is 1.91 bits per heavy atom. The van der Waals surface area contributed by atoms with E-state index in [2.05, 4.69) is 14.7 Å². The normalized spacial score (nSPS) is 17.4. The molecule has 0 spiro atoms. The van der Waals surface area contributed by atoms with Gasteiger partial charge in [0.15, 0.2) is 5.84 Å². The van der Waals surface area contributed by atoms with Gasteiger partial charge in [-0.1, -0.05) is 61.8 Å². The number of nitrogens with zero attached hydrogens (tertiary/aromatic N) is 4. The van der Waals surface area contributed by atoms with Crippen molar-refractivity contribution in [1.82, 2.24) is 9.58 Å². The first kappa shape index (κ1) is 20.7. The fraction of sp³-hybridized carbons (Fsp3) is 0.167. The number of hydrogen-bond acceptors (Lipinski definition) is 4. The number of para-hydroxylation sites is 1. The summed E-state index contributed by atoms with van der Waals surface area (Å²) in [5, 5.41) is 17.6. The average molecular weight is 462 g/mol. The van der Waals surface area contributed by atoms with Crippen molar-refractivity contribution in [2.24, 2.45) is 16.0 Å². The van der Waals surface area contributed by atoms with Crippen LogP contribution in [0.1, 0.15) is 25.0 Å². The van der Waals surface area contributed by atoms with Gasteiger partial charge in [0.1, 0.15) is 5.04 Å². The second kappa shape index (κ2) is 8.07. The summed E-state index contributed by atoms with van der Waals surface area (Å²) in [5.74, 6) is -0.172. The zero-order valence-electron chi connectivity index (χ0n) is 17.5. The lowest BCUT2D eigenvalue weighted by Crippen LogP contribution is -2.35. The Bertz CT molecular complexity index is 1370. The number of amides is 1. The number of rotatable bonds is 4. The van der Waals surface area contributed by atoms with Crippen LogP contribution in [0.3, 0.4) is 0 Å². The monoisotopic (exact) mass is 461 g/mol. The Balaban J connectivity index is 1.57. The molecule has 6 nitrogen and oxygen atoms in total.